The van der Waals surface area contributed by atoms with E-state index in [9.17, 15) is 24.9 Å². The number of esters is 2. The van der Waals surface area contributed by atoms with E-state index in [2.05, 4.69) is 74.5 Å². The molecule has 2 aromatic rings. The molecule has 0 amide bonds. The van der Waals surface area contributed by atoms with Crippen molar-refractivity contribution in [2.45, 2.75) is 192 Å². The summed E-state index contributed by atoms with van der Waals surface area (Å²) in [5.41, 5.74) is -1.57. The van der Waals surface area contributed by atoms with E-state index in [4.69, 9.17) is 9.47 Å². The Balaban J connectivity index is 1.04. The van der Waals surface area contributed by atoms with Crippen LogP contribution in [0.4, 0.5) is 0 Å². The highest BCUT2D eigenvalue weighted by Gasteiger charge is 2.81. The summed E-state index contributed by atoms with van der Waals surface area (Å²) in [4.78, 5) is 25.6. The molecule has 2 bridgehead atoms. The molecular weight excluding hydrogens is 809 g/mol. The van der Waals surface area contributed by atoms with Crippen LogP contribution in [-0.4, -0.2) is 57.3 Å². The number of fused-ring (bicyclic) bond motifs is 1. The van der Waals surface area contributed by atoms with Gasteiger partial charge in [0.05, 0.1) is 22.7 Å². The minimum atomic E-state index is -1.59. The summed E-state index contributed by atoms with van der Waals surface area (Å²) in [7, 11) is 0. The number of hydrogen-bond donors (Lipinski definition) is 3. The normalized spacial score (nSPS) is 39.8. The Hall–Kier alpha value is -3.26. The van der Waals surface area contributed by atoms with Gasteiger partial charge in [0.15, 0.2) is 0 Å². The second kappa shape index (κ2) is 18.0. The van der Waals surface area contributed by atoms with E-state index < -0.39 is 45.6 Å². The SMILES string of the molecule is CC(=O)OC1CC2(C)C=CC(O)(CCC(C)CCCc3ccccc3)C3(C(O)CCC(C)(C4CCC5(CC4)CC(CCc4ccccc4)C4(CCCC4)C5)C13)C2(O)CCC1=CC(=O)OC1. The number of aryl methyl sites for hydroxylation is 2. The average molecular weight is 889 g/mol. The highest BCUT2D eigenvalue weighted by molar-refractivity contribution is 5.85. The molecule has 2 aromatic carbocycles. The minimum absolute atomic E-state index is 0.192. The van der Waals surface area contributed by atoms with Crippen LogP contribution in [0, 0.1) is 50.7 Å². The van der Waals surface area contributed by atoms with Gasteiger partial charge >= 0.3 is 11.9 Å². The first kappa shape index (κ1) is 46.8. The summed E-state index contributed by atoms with van der Waals surface area (Å²) in [5, 5.41) is 41.1. The molecule has 65 heavy (non-hydrogen) atoms. The van der Waals surface area contributed by atoms with Gasteiger partial charge in [-0.25, -0.2) is 4.79 Å². The van der Waals surface area contributed by atoms with Gasteiger partial charge in [-0.05, 0) is 173 Å². The van der Waals surface area contributed by atoms with Crippen LogP contribution in [0.1, 0.15) is 167 Å². The summed E-state index contributed by atoms with van der Waals surface area (Å²) >= 11 is 0. The molecule has 0 aromatic heterocycles. The molecule has 0 radical (unpaired) electrons. The molecule has 7 aliphatic rings. The molecule has 1 heterocycles. The van der Waals surface area contributed by atoms with E-state index in [1.807, 2.05) is 19.1 Å². The zero-order chi connectivity index (χ0) is 45.7. The standard InChI is InChI=1S/C58H80O7/c1-41(14-13-19-43-15-7-5-8-16-43)22-32-56(62)35-34-52(3)38-48(65-42(2)59)51-53(4,29-26-49(60)58(51,56)57(52,63)33-23-45-36-50(61)64-39-45)46-24-30-54(31-25-46)37-47(55(40-54)27-11-12-28-55)21-20-44-17-9-6-10-18-44/h5-10,15-18,34-36,41,46-49,51,60,62-63H,11-14,19-33,37-40H2,1-4H3. The first-order valence-corrected chi connectivity index (χ1v) is 26.0. The van der Waals surface area contributed by atoms with Gasteiger partial charge in [0.2, 0.25) is 0 Å². The summed E-state index contributed by atoms with van der Waals surface area (Å²) < 4.78 is 11.9. The van der Waals surface area contributed by atoms with Gasteiger partial charge < -0.3 is 24.8 Å². The van der Waals surface area contributed by atoms with Gasteiger partial charge in [-0.2, -0.15) is 0 Å². The van der Waals surface area contributed by atoms with E-state index in [1.54, 1.807) is 6.08 Å². The van der Waals surface area contributed by atoms with Gasteiger partial charge in [0.1, 0.15) is 12.7 Å². The first-order chi connectivity index (χ1) is 31.1. The molecule has 7 heteroatoms. The molecule has 5 saturated carbocycles. The van der Waals surface area contributed by atoms with Crippen LogP contribution in [0.25, 0.3) is 0 Å². The second-order valence-electron chi connectivity index (χ2n) is 23.7. The number of ether oxygens (including phenoxy) is 2. The minimum Gasteiger partial charge on any atom is -0.462 e. The Morgan fingerprint density at radius 2 is 1.51 bits per heavy atom. The van der Waals surface area contributed by atoms with Crippen molar-refractivity contribution < 1.29 is 34.4 Å². The number of aliphatic hydroxyl groups excluding tert-OH is 1. The van der Waals surface area contributed by atoms with Gasteiger partial charge in [-0.3, -0.25) is 4.79 Å². The summed E-state index contributed by atoms with van der Waals surface area (Å²) in [6, 6.07) is 21.7. The third-order valence-electron chi connectivity index (χ3n) is 20.1. The average Bonchev–Trinajstić information content (AvgIpc) is 4.02. The largest absolute Gasteiger partial charge is 0.462 e. The zero-order valence-electron chi connectivity index (χ0n) is 40.2. The first-order valence-electron chi connectivity index (χ1n) is 26.0. The lowest BCUT2D eigenvalue weighted by molar-refractivity contribution is -0.362. The molecule has 3 spiro atoms. The number of carbonyl (C=O) groups is 2. The molecule has 3 N–H and O–H groups in total. The van der Waals surface area contributed by atoms with Crippen molar-refractivity contribution in [3.05, 3.63) is 95.6 Å². The molecule has 5 fully saturated rings. The number of rotatable bonds is 15. The molecule has 0 saturated heterocycles. The second-order valence-corrected chi connectivity index (χ2v) is 23.7. The predicted molar refractivity (Wildman–Crippen MR) is 255 cm³/mol. The van der Waals surface area contributed by atoms with E-state index >= 15 is 0 Å². The molecule has 7 nitrogen and oxygen atoms in total. The Labute approximate surface area is 390 Å². The number of benzene rings is 2. The summed E-state index contributed by atoms with van der Waals surface area (Å²) in [6.07, 6.45) is 25.4. The van der Waals surface area contributed by atoms with Crippen LogP contribution in [-0.2, 0) is 31.9 Å². The molecular formula is C58H80O7. The van der Waals surface area contributed by atoms with Crippen LogP contribution in [0.3, 0.4) is 0 Å². The maximum Gasteiger partial charge on any atom is 0.331 e. The van der Waals surface area contributed by atoms with Crippen molar-refractivity contribution >= 4 is 11.9 Å². The monoisotopic (exact) mass is 889 g/mol. The highest BCUT2D eigenvalue weighted by atomic mass is 16.5. The fraction of sp³-hybridized carbons (Fsp3) is 0.690. The number of cyclic esters (lactones) is 1. The van der Waals surface area contributed by atoms with Gasteiger partial charge in [0.25, 0.3) is 0 Å². The molecule has 10 unspecified atom stereocenters. The Morgan fingerprint density at radius 3 is 2.15 bits per heavy atom. The molecule has 6 aliphatic carbocycles. The fourth-order valence-corrected chi connectivity index (χ4v) is 17.0. The van der Waals surface area contributed by atoms with E-state index in [1.165, 1.54) is 75.8 Å². The van der Waals surface area contributed by atoms with Crippen molar-refractivity contribution in [2.24, 2.45) is 50.7 Å². The van der Waals surface area contributed by atoms with Crippen LogP contribution in [0.2, 0.25) is 0 Å². The molecule has 1 aliphatic heterocycles. The lowest BCUT2D eigenvalue weighted by Crippen LogP contribution is -2.83. The van der Waals surface area contributed by atoms with Crippen LogP contribution >= 0.6 is 0 Å². The van der Waals surface area contributed by atoms with E-state index in [0.717, 1.165) is 62.9 Å². The molecule has 354 valence electrons. The van der Waals surface area contributed by atoms with Crippen molar-refractivity contribution in [2.75, 3.05) is 6.61 Å². The molecule has 9 rings (SSSR count). The quantitative estimate of drug-likeness (QED) is 0.121. The van der Waals surface area contributed by atoms with E-state index in [0.29, 0.717) is 42.4 Å². The van der Waals surface area contributed by atoms with Crippen LogP contribution in [0.5, 0.6) is 0 Å². The number of aliphatic hydroxyl groups is 3. The molecule has 10 atom stereocenters. The Bertz CT molecular complexity index is 2060. The summed E-state index contributed by atoms with van der Waals surface area (Å²) in [6.45, 7) is 8.38. The predicted octanol–water partition coefficient (Wildman–Crippen LogP) is 11.6. The van der Waals surface area contributed by atoms with Crippen molar-refractivity contribution in [3.8, 4) is 0 Å². The third-order valence-corrected chi connectivity index (χ3v) is 20.1. The van der Waals surface area contributed by atoms with Gasteiger partial charge in [0, 0.05) is 24.3 Å². The zero-order valence-corrected chi connectivity index (χ0v) is 40.2. The van der Waals surface area contributed by atoms with E-state index in [-0.39, 0.29) is 30.9 Å². The third kappa shape index (κ3) is 8.21. The number of hydrogen-bond acceptors (Lipinski definition) is 7. The van der Waals surface area contributed by atoms with Gasteiger partial charge in [-0.15, -0.1) is 0 Å². The van der Waals surface area contributed by atoms with Crippen molar-refractivity contribution in [1.82, 2.24) is 0 Å². The maximum atomic E-state index is 14.1. The van der Waals surface area contributed by atoms with Crippen LogP contribution < -0.4 is 0 Å². The lowest BCUT2D eigenvalue weighted by Gasteiger charge is -2.76. The smallest absolute Gasteiger partial charge is 0.331 e. The van der Waals surface area contributed by atoms with Crippen LogP contribution in [0.15, 0.2) is 84.5 Å². The van der Waals surface area contributed by atoms with Crippen molar-refractivity contribution in [1.29, 1.82) is 0 Å². The number of carbonyl (C=O) groups excluding carboxylic acids is 2. The Kier molecular flexibility index (Phi) is 13.0. The Morgan fingerprint density at radius 1 is 0.831 bits per heavy atom. The topological polar surface area (TPSA) is 113 Å². The maximum absolute atomic E-state index is 14.1. The highest BCUT2D eigenvalue weighted by Crippen LogP contribution is 2.76. The lowest BCUT2D eigenvalue weighted by atomic mass is 9.31. The fourth-order valence-electron chi connectivity index (χ4n) is 17.0. The van der Waals surface area contributed by atoms with Gasteiger partial charge in [-0.1, -0.05) is 113 Å². The van der Waals surface area contributed by atoms with Crippen molar-refractivity contribution in [3.63, 3.8) is 0 Å². The summed E-state index contributed by atoms with van der Waals surface area (Å²) in [5.74, 6) is 0.122.